The van der Waals surface area contributed by atoms with Crippen molar-refractivity contribution in [2.45, 2.75) is 36.0 Å². The van der Waals surface area contributed by atoms with Crippen molar-refractivity contribution in [1.82, 2.24) is 9.97 Å². The zero-order valence-corrected chi connectivity index (χ0v) is 10.7. The van der Waals surface area contributed by atoms with Crippen LogP contribution in [0.25, 0.3) is 0 Å². The first-order valence-corrected chi connectivity index (χ1v) is 7.89. The number of rotatable bonds is 1. The summed E-state index contributed by atoms with van der Waals surface area (Å²) < 4.78 is 0. The molecule has 1 fully saturated rings. The molecule has 0 radical (unpaired) electrons. The average molecular weight is 253 g/mol. The first-order valence-electron chi connectivity index (χ1n) is 5.69. The zero-order chi connectivity index (χ0) is 11.0. The number of nitrogen functional groups attached to an aromatic ring is 1. The molecule has 1 atom stereocenters. The Hall–Kier alpha value is -0.420. The highest BCUT2D eigenvalue weighted by atomic mass is 32.2. The molecular weight excluding hydrogens is 238 g/mol. The van der Waals surface area contributed by atoms with E-state index in [2.05, 4.69) is 4.98 Å². The molecule has 0 spiro atoms. The Bertz CT molecular complexity index is 402. The van der Waals surface area contributed by atoms with Crippen molar-refractivity contribution in [2.75, 3.05) is 11.5 Å². The van der Waals surface area contributed by atoms with Crippen LogP contribution in [0.2, 0.25) is 0 Å². The highest BCUT2D eigenvalue weighted by Crippen LogP contribution is 2.39. The van der Waals surface area contributed by atoms with E-state index in [1.165, 1.54) is 36.3 Å². The molecule has 0 saturated carbocycles. The molecule has 3 heterocycles. The quantitative estimate of drug-likeness (QED) is 0.834. The van der Waals surface area contributed by atoms with E-state index >= 15 is 0 Å². The standard InChI is InChI=1S/C11H15N3S2/c12-10-7-5-15-6-8(7)13-11(14-10)9-3-1-2-4-16-9/h9H,1-6H2,(H2,12,13,14). The van der Waals surface area contributed by atoms with Gasteiger partial charge in [0.15, 0.2) is 0 Å². The second kappa shape index (κ2) is 4.45. The van der Waals surface area contributed by atoms with Gasteiger partial charge < -0.3 is 5.73 Å². The minimum Gasteiger partial charge on any atom is -0.383 e. The molecule has 86 valence electrons. The lowest BCUT2D eigenvalue weighted by molar-refractivity contribution is 0.660. The van der Waals surface area contributed by atoms with E-state index < -0.39 is 0 Å². The van der Waals surface area contributed by atoms with E-state index in [1.807, 2.05) is 23.5 Å². The fourth-order valence-electron chi connectivity index (χ4n) is 2.18. The van der Waals surface area contributed by atoms with Crippen LogP contribution in [0.15, 0.2) is 0 Å². The molecule has 3 rings (SSSR count). The number of hydrogen-bond acceptors (Lipinski definition) is 5. The van der Waals surface area contributed by atoms with E-state index in [1.54, 1.807) is 0 Å². The summed E-state index contributed by atoms with van der Waals surface area (Å²) in [4.78, 5) is 9.21. The number of anilines is 1. The van der Waals surface area contributed by atoms with Gasteiger partial charge in [0.05, 0.1) is 10.9 Å². The van der Waals surface area contributed by atoms with Crippen molar-refractivity contribution >= 4 is 29.3 Å². The van der Waals surface area contributed by atoms with Gasteiger partial charge in [0.2, 0.25) is 0 Å². The van der Waals surface area contributed by atoms with Gasteiger partial charge in [-0.2, -0.15) is 23.5 Å². The van der Waals surface area contributed by atoms with Gasteiger partial charge in [-0.1, -0.05) is 6.42 Å². The highest BCUT2D eigenvalue weighted by Gasteiger charge is 2.23. The van der Waals surface area contributed by atoms with Crippen molar-refractivity contribution in [1.29, 1.82) is 0 Å². The van der Waals surface area contributed by atoms with Gasteiger partial charge in [0, 0.05) is 17.1 Å². The summed E-state index contributed by atoms with van der Waals surface area (Å²) in [6.07, 6.45) is 3.83. The van der Waals surface area contributed by atoms with Gasteiger partial charge in [0.25, 0.3) is 0 Å². The molecule has 3 nitrogen and oxygen atoms in total. The molecule has 2 aliphatic rings. The summed E-state index contributed by atoms with van der Waals surface area (Å²) in [7, 11) is 0. The average Bonchev–Trinajstić information content (AvgIpc) is 2.79. The van der Waals surface area contributed by atoms with Crippen LogP contribution < -0.4 is 5.73 Å². The largest absolute Gasteiger partial charge is 0.383 e. The third-order valence-electron chi connectivity index (χ3n) is 3.09. The van der Waals surface area contributed by atoms with E-state index in [0.717, 1.165) is 23.1 Å². The van der Waals surface area contributed by atoms with Crippen LogP contribution in [0.1, 0.15) is 41.6 Å². The van der Waals surface area contributed by atoms with Crippen molar-refractivity contribution in [2.24, 2.45) is 0 Å². The van der Waals surface area contributed by atoms with E-state index in [0.29, 0.717) is 5.25 Å². The lowest BCUT2D eigenvalue weighted by Crippen LogP contribution is -2.11. The summed E-state index contributed by atoms with van der Waals surface area (Å²) in [5.41, 5.74) is 8.36. The predicted molar refractivity (Wildman–Crippen MR) is 70.5 cm³/mol. The van der Waals surface area contributed by atoms with Crippen LogP contribution >= 0.6 is 23.5 Å². The topological polar surface area (TPSA) is 51.8 Å². The van der Waals surface area contributed by atoms with Gasteiger partial charge in [0.1, 0.15) is 11.6 Å². The summed E-state index contributed by atoms with van der Waals surface area (Å²) in [6, 6.07) is 0. The van der Waals surface area contributed by atoms with Crippen LogP contribution in [0, 0.1) is 0 Å². The first kappa shape index (κ1) is 10.7. The molecule has 1 saturated heterocycles. The van der Waals surface area contributed by atoms with E-state index in [9.17, 15) is 0 Å². The van der Waals surface area contributed by atoms with Gasteiger partial charge >= 0.3 is 0 Å². The van der Waals surface area contributed by atoms with E-state index in [4.69, 9.17) is 10.7 Å². The summed E-state index contributed by atoms with van der Waals surface area (Å²) in [5.74, 6) is 4.92. The Labute approximate surface area is 104 Å². The summed E-state index contributed by atoms with van der Waals surface area (Å²) in [5, 5.41) is 0.479. The molecule has 2 aliphatic heterocycles. The van der Waals surface area contributed by atoms with Crippen LogP contribution in [0.5, 0.6) is 0 Å². The maximum Gasteiger partial charge on any atom is 0.143 e. The highest BCUT2D eigenvalue weighted by molar-refractivity contribution is 7.99. The third kappa shape index (κ3) is 1.91. The van der Waals surface area contributed by atoms with Crippen molar-refractivity contribution in [3.63, 3.8) is 0 Å². The Morgan fingerprint density at radius 1 is 1.19 bits per heavy atom. The number of nitrogens with zero attached hydrogens (tertiary/aromatic N) is 2. The molecule has 0 bridgehead atoms. The number of thioether (sulfide) groups is 2. The van der Waals surface area contributed by atoms with Gasteiger partial charge in [-0.05, 0) is 18.6 Å². The third-order valence-corrected chi connectivity index (χ3v) is 5.44. The molecule has 0 aromatic carbocycles. The maximum atomic E-state index is 6.01. The number of fused-ring (bicyclic) bond motifs is 1. The number of nitrogens with two attached hydrogens (primary N) is 1. The lowest BCUT2D eigenvalue weighted by Gasteiger charge is -2.20. The fraction of sp³-hybridized carbons (Fsp3) is 0.636. The minimum atomic E-state index is 0.479. The van der Waals surface area contributed by atoms with Gasteiger partial charge in [-0.3, -0.25) is 0 Å². The Balaban J connectivity index is 1.92. The maximum absolute atomic E-state index is 6.01. The molecule has 16 heavy (non-hydrogen) atoms. The molecule has 2 N–H and O–H groups in total. The SMILES string of the molecule is Nc1nc(C2CCCCS2)nc2c1CSC2. The second-order valence-corrected chi connectivity index (χ2v) is 6.54. The molecule has 0 amide bonds. The van der Waals surface area contributed by atoms with E-state index in [-0.39, 0.29) is 0 Å². The normalized spacial score (nSPS) is 24.4. The van der Waals surface area contributed by atoms with Gasteiger partial charge in [-0.15, -0.1) is 0 Å². The Morgan fingerprint density at radius 3 is 2.94 bits per heavy atom. The Morgan fingerprint density at radius 2 is 2.12 bits per heavy atom. The van der Waals surface area contributed by atoms with Crippen LogP contribution in [0.3, 0.4) is 0 Å². The lowest BCUT2D eigenvalue weighted by atomic mass is 10.1. The smallest absolute Gasteiger partial charge is 0.143 e. The van der Waals surface area contributed by atoms with Gasteiger partial charge in [-0.25, -0.2) is 9.97 Å². The Kier molecular flexibility index (Phi) is 2.98. The summed E-state index contributed by atoms with van der Waals surface area (Å²) >= 11 is 3.87. The van der Waals surface area contributed by atoms with Crippen molar-refractivity contribution < 1.29 is 0 Å². The van der Waals surface area contributed by atoms with Crippen LogP contribution in [0.4, 0.5) is 5.82 Å². The van der Waals surface area contributed by atoms with Crippen molar-refractivity contribution in [3.05, 3.63) is 17.1 Å². The van der Waals surface area contributed by atoms with Crippen LogP contribution in [-0.2, 0) is 11.5 Å². The molecule has 1 aromatic rings. The van der Waals surface area contributed by atoms with Crippen LogP contribution in [-0.4, -0.2) is 15.7 Å². The molecule has 5 heteroatoms. The molecule has 1 aromatic heterocycles. The predicted octanol–water partition coefficient (Wildman–Crippen LogP) is 2.76. The summed E-state index contributed by atoms with van der Waals surface area (Å²) in [6.45, 7) is 0. The monoisotopic (exact) mass is 253 g/mol. The number of aromatic nitrogens is 2. The zero-order valence-electron chi connectivity index (χ0n) is 9.11. The first-order chi connectivity index (χ1) is 7.84. The van der Waals surface area contributed by atoms with Crippen molar-refractivity contribution in [3.8, 4) is 0 Å². The minimum absolute atomic E-state index is 0.479. The molecule has 0 aliphatic carbocycles. The molecule has 1 unspecified atom stereocenters. The fourth-order valence-corrected chi connectivity index (χ4v) is 4.48. The second-order valence-electron chi connectivity index (χ2n) is 4.24. The molecular formula is C11H15N3S2. The number of hydrogen-bond donors (Lipinski definition) is 1.